The number of amides is 1. The number of anilines is 1. The molecule has 1 amide bonds. The molecule has 0 atom stereocenters. The van der Waals surface area contributed by atoms with Gasteiger partial charge in [-0.3, -0.25) is 14.5 Å². The lowest BCUT2D eigenvalue weighted by molar-refractivity contribution is -0.112. The Balaban J connectivity index is 1.96. The van der Waals surface area contributed by atoms with Gasteiger partial charge in [0.15, 0.2) is 0 Å². The van der Waals surface area contributed by atoms with E-state index in [0.29, 0.717) is 23.3 Å². The third-order valence-electron chi connectivity index (χ3n) is 3.99. The first kappa shape index (κ1) is 15.7. The fourth-order valence-electron chi connectivity index (χ4n) is 2.92. The van der Waals surface area contributed by atoms with Gasteiger partial charge in [-0.05, 0) is 64.8 Å². The summed E-state index contributed by atoms with van der Waals surface area (Å²) in [5.74, 6) is -0.939. The Morgan fingerprint density at radius 1 is 1.10 bits per heavy atom. The molecule has 1 aliphatic rings. The van der Waals surface area contributed by atoms with Gasteiger partial charge in [-0.1, -0.05) is 6.07 Å². The van der Waals surface area contributed by atoms with E-state index in [9.17, 15) is 9.59 Å². The average Bonchev–Trinajstić information content (AvgIpc) is 2.69. The first-order valence-corrected chi connectivity index (χ1v) is 7.64. The Hall–Kier alpha value is -1.68. The molecule has 1 aromatic rings. The van der Waals surface area contributed by atoms with Crippen LogP contribution in [0, 0.1) is 0 Å². The van der Waals surface area contributed by atoms with Gasteiger partial charge < -0.3 is 5.32 Å². The van der Waals surface area contributed by atoms with Gasteiger partial charge in [0, 0.05) is 12.1 Å². The fraction of sp³-hybridized carbons (Fsp3) is 0.529. The number of Topliss-reactive ketones (excluding diaryl/α,β-unsaturated/α-hetero) is 1. The van der Waals surface area contributed by atoms with Crippen molar-refractivity contribution in [2.75, 3.05) is 11.9 Å². The largest absolute Gasteiger partial charge is 0.318 e. The molecule has 0 saturated carbocycles. The van der Waals surface area contributed by atoms with E-state index in [2.05, 4.69) is 37.9 Å². The third-order valence-corrected chi connectivity index (χ3v) is 3.99. The van der Waals surface area contributed by atoms with E-state index in [1.165, 1.54) is 0 Å². The van der Waals surface area contributed by atoms with Crippen LogP contribution >= 0.6 is 0 Å². The van der Waals surface area contributed by atoms with Crippen LogP contribution in [-0.4, -0.2) is 35.2 Å². The second kappa shape index (κ2) is 6.39. The summed E-state index contributed by atoms with van der Waals surface area (Å²) in [5.41, 5.74) is 2.27. The van der Waals surface area contributed by atoms with Gasteiger partial charge in [0.05, 0.1) is 11.3 Å². The molecule has 4 nitrogen and oxygen atoms in total. The minimum Gasteiger partial charge on any atom is -0.318 e. The van der Waals surface area contributed by atoms with Crippen LogP contribution in [-0.2, 0) is 11.2 Å². The zero-order valence-electron chi connectivity index (χ0n) is 13.3. The van der Waals surface area contributed by atoms with Crippen molar-refractivity contribution in [2.24, 2.45) is 0 Å². The van der Waals surface area contributed by atoms with E-state index in [-0.39, 0.29) is 0 Å². The molecule has 0 aliphatic carbocycles. The van der Waals surface area contributed by atoms with Crippen LogP contribution in [0.1, 0.15) is 50.0 Å². The summed E-state index contributed by atoms with van der Waals surface area (Å²) in [6, 6.07) is 6.75. The van der Waals surface area contributed by atoms with Crippen LogP contribution in [0.5, 0.6) is 0 Å². The van der Waals surface area contributed by atoms with Gasteiger partial charge in [-0.15, -0.1) is 0 Å². The molecule has 0 spiro atoms. The third kappa shape index (κ3) is 3.50. The molecule has 1 heterocycles. The Morgan fingerprint density at radius 3 is 2.38 bits per heavy atom. The van der Waals surface area contributed by atoms with Crippen molar-refractivity contribution in [3.63, 3.8) is 0 Å². The highest BCUT2D eigenvalue weighted by Crippen LogP contribution is 2.24. The van der Waals surface area contributed by atoms with Crippen molar-refractivity contribution in [1.82, 2.24) is 4.90 Å². The smallest absolute Gasteiger partial charge is 0.296 e. The molecule has 1 aliphatic heterocycles. The minimum atomic E-state index is -0.520. The molecule has 0 unspecified atom stereocenters. The number of rotatable bonds is 6. The van der Waals surface area contributed by atoms with Gasteiger partial charge in [0.1, 0.15) is 0 Å². The topological polar surface area (TPSA) is 49.4 Å². The monoisotopic (exact) mass is 288 g/mol. The summed E-state index contributed by atoms with van der Waals surface area (Å²) in [6.07, 6.45) is 1.97. The molecule has 21 heavy (non-hydrogen) atoms. The summed E-state index contributed by atoms with van der Waals surface area (Å²) in [5, 5.41) is 2.58. The van der Waals surface area contributed by atoms with E-state index in [0.717, 1.165) is 24.9 Å². The Morgan fingerprint density at radius 2 is 1.76 bits per heavy atom. The van der Waals surface area contributed by atoms with Crippen LogP contribution in [0.4, 0.5) is 5.69 Å². The minimum absolute atomic E-state index is 0.419. The summed E-state index contributed by atoms with van der Waals surface area (Å²) < 4.78 is 0. The summed E-state index contributed by atoms with van der Waals surface area (Å²) in [7, 11) is 0. The van der Waals surface area contributed by atoms with Crippen LogP contribution in [0.15, 0.2) is 18.2 Å². The van der Waals surface area contributed by atoms with E-state index in [1.807, 2.05) is 18.2 Å². The Labute approximate surface area is 126 Å². The molecule has 0 aromatic heterocycles. The molecular weight excluding hydrogens is 264 g/mol. The number of aryl methyl sites for hydroxylation is 1. The lowest BCUT2D eigenvalue weighted by Crippen LogP contribution is -2.37. The number of carbonyl (C=O) groups excluding carboxylic acids is 2. The summed E-state index contributed by atoms with van der Waals surface area (Å²) in [6.45, 7) is 9.89. The van der Waals surface area contributed by atoms with Crippen molar-refractivity contribution in [2.45, 2.75) is 52.6 Å². The quantitative estimate of drug-likeness (QED) is 0.819. The molecule has 0 radical (unpaired) electrons. The van der Waals surface area contributed by atoms with Gasteiger partial charge >= 0.3 is 0 Å². The number of hydrogen-bond acceptors (Lipinski definition) is 3. The maximum Gasteiger partial charge on any atom is 0.296 e. The molecule has 2 rings (SSSR count). The first-order chi connectivity index (χ1) is 9.90. The van der Waals surface area contributed by atoms with E-state index in [1.54, 1.807) is 0 Å². The van der Waals surface area contributed by atoms with E-state index < -0.39 is 11.7 Å². The predicted octanol–water partition coefficient (Wildman–Crippen LogP) is 2.87. The zero-order chi connectivity index (χ0) is 15.6. The van der Waals surface area contributed by atoms with Gasteiger partial charge in [0.25, 0.3) is 11.7 Å². The highest BCUT2D eigenvalue weighted by molar-refractivity contribution is 6.51. The second-order valence-corrected chi connectivity index (χ2v) is 6.19. The van der Waals surface area contributed by atoms with E-state index >= 15 is 0 Å². The summed E-state index contributed by atoms with van der Waals surface area (Å²) in [4.78, 5) is 25.5. The molecule has 1 aromatic carbocycles. The normalized spacial score (nSPS) is 14.2. The number of fused-ring (bicyclic) bond motifs is 1. The average molecular weight is 288 g/mol. The van der Waals surface area contributed by atoms with Crippen molar-refractivity contribution < 1.29 is 9.59 Å². The molecule has 0 bridgehead atoms. The number of nitrogens with one attached hydrogen (secondary N) is 1. The first-order valence-electron chi connectivity index (χ1n) is 7.64. The summed E-state index contributed by atoms with van der Waals surface area (Å²) >= 11 is 0. The zero-order valence-corrected chi connectivity index (χ0v) is 13.3. The lowest BCUT2D eigenvalue weighted by Gasteiger charge is -2.30. The fourth-order valence-corrected chi connectivity index (χ4v) is 2.92. The number of carbonyl (C=O) groups is 2. The van der Waals surface area contributed by atoms with Crippen molar-refractivity contribution >= 4 is 17.4 Å². The highest BCUT2D eigenvalue weighted by Gasteiger charge is 2.27. The van der Waals surface area contributed by atoms with Crippen molar-refractivity contribution in [3.05, 3.63) is 29.3 Å². The maximum atomic E-state index is 11.7. The molecule has 4 heteroatoms. The highest BCUT2D eigenvalue weighted by atomic mass is 16.2. The van der Waals surface area contributed by atoms with Crippen molar-refractivity contribution in [3.8, 4) is 0 Å². The number of nitrogens with zero attached hydrogens (tertiary/aromatic N) is 1. The van der Waals surface area contributed by atoms with Crippen LogP contribution < -0.4 is 5.32 Å². The number of benzene rings is 1. The second-order valence-electron chi connectivity index (χ2n) is 6.19. The van der Waals surface area contributed by atoms with Crippen LogP contribution in [0.2, 0.25) is 0 Å². The van der Waals surface area contributed by atoms with Crippen molar-refractivity contribution in [1.29, 1.82) is 0 Å². The molecular formula is C17H24N2O2. The molecule has 0 fully saturated rings. The molecule has 1 N–H and O–H groups in total. The van der Waals surface area contributed by atoms with Crippen LogP contribution in [0.3, 0.4) is 0 Å². The predicted molar refractivity (Wildman–Crippen MR) is 84.7 cm³/mol. The van der Waals surface area contributed by atoms with Gasteiger partial charge in [0.2, 0.25) is 0 Å². The van der Waals surface area contributed by atoms with Crippen LogP contribution in [0.25, 0.3) is 0 Å². The molecule has 114 valence electrons. The maximum absolute atomic E-state index is 11.7. The SMILES string of the molecule is CC(C)N(CCCc1ccc2c(c1)C(=O)C(=O)N2)C(C)C. The standard InChI is InChI=1S/C17H24N2O2/c1-11(2)19(12(3)4)9-5-6-13-7-8-15-14(10-13)16(20)17(21)18-15/h7-8,10-12H,5-6,9H2,1-4H3,(H,18,20,21). The van der Waals surface area contributed by atoms with E-state index in [4.69, 9.17) is 0 Å². The number of ketones is 1. The lowest BCUT2D eigenvalue weighted by atomic mass is 10.0. The van der Waals surface area contributed by atoms with Gasteiger partial charge in [-0.2, -0.15) is 0 Å². The Kier molecular flexibility index (Phi) is 4.78. The molecule has 0 saturated heterocycles. The van der Waals surface area contributed by atoms with Gasteiger partial charge in [-0.25, -0.2) is 0 Å². The Bertz CT molecular complexity index is 542. The number of hydrogen-bond donors (Lipinski definition) is 1.